The fourth-order valence-electron chi connectivity index (χ4n) is 1.99. The van der Waals surface area contributed by atoms with Crippen LogP contribution in [0, 0.1) is 0 Å². The molecule has 0 fully saturated rings. The van der Waals surface area contributed by atoms with E-state index in [1.807, 2.05) is 18.2 Å². The second kappa shape index (κ2) is 6.41. The maximum atomic E-state index is 5.92. The minimum absolute atomic E-state index is 0.379. The molecule has 0 aliphatic carbocycles. The summed E-state index contributed by atoms with van der Waals surface area (Å²) in [5.41, 5.74) is 0. The van der Waals surface area contributed by atoms with Crippen LogP contribution in [-0.2, 0) is 0 Å². The monoisotopic (exact) mass is 243 g/mol. The van der Waals surface area contributed by atoms with E-state index in [4.69, 9.17) is 4.74 Å². The van der Waals surface area contributed by atoms with Crippen LogP contribution in [0.25, 0.3) is 10.8 Å². The van der Waals surface area contributed by atoms with Crippen LogP contribution in [0.3, 0.4) is 0 Å². The van der Waals surface area contributed by atoms with Crippen LogP contribution in [0.15, 0.2) is 42.5 Å². The summed E-state index contributed by atoms with van der Waals surface area (Å²) in [6.07, 6.45) is 1.15. The molecule has 0 radical (unpaired) electrons. The Morgan fingerprint density at radius 3 is 2.72 bits per heavy atom. The van der Waals surface area contributed by atoms with Gasteiger partial charge in [-0.25, -0.2) is 0 Å². The number of ether oxygens (including phenoxy) is 1. The van der Waals surface area contributed by atoms with E-state index in [9.17, 15) is 0 Å². The first kappa shape index (κ1) is 12.9. The molecule has 2 rings (SSSR count). The van der Waals surface area contributed by atoms with Crippen molar-refractivity contribution < 1.29 is 4.74 Å². The molecule has 0 heterocycles. The lowest BCUT2D eigenvalue weighted by atomic mass is 10.1. The molecule has 0 bridgehead atoms. The molecule has 2 aromatic rings. The third kappa shape index (κ3) is 3.23. The van der Waals surface area contributed by atoms with Gasteiger partial charge in [0, 0.05) is 11.4 Å². The third-order valence-electron chi connectivity index (χ3n) is 2.98. The van der Waals surface area contributed by atoms with Crippen molar-refractivity contribution in [3.63, 3.8) is 0 Å². The van der Waals surface area contributed by atoms with E-state index in [0.717, 1.165) is 18.7 Å². The molecule has 18 heavy (non-hydrogen) atoms. The Labute approximate surface area is 109 Å². The first-order valence-corrected chi connectivity index (χ1v) is 6.65. The highest BCUT2D eigenvalue weighted by Gasteiger charge is 2.04. The van der Waals surface area contributed by atoms with Crippen molar-refractivity contribution in [2.45, 2.75) is 26.3 Å². The number of benzene rings is 2. The van der Waals surface area contributed by atoms with E-state index in [1.165, 1.54) is 10.8 Å². The van der Waals surface area contributed by atoms with Crippen LogP contribution in [-0.4, -0.2) is 19.2 Å². The van der Waals surface area contributed by atoms with Gasteiger partial charge in [-0.3, -0.25) is 0 Å². The average Bonchev–Trinajstić information content (AvgIpc) is 2.42. The van der Waals surface area contributed by atoms with Gasteiger partial charge in [0.15, 0.2) is 0 Å². The highest BCUT2D eigenvalue weighted by Crippen LogP contribution is 2.25. The summed E-state index contributed by atoms with van der Waals surface area (Å²) in [6, 6.07) is 14.9. The fraction of sp³-hybridized carbons (Fsp3) is 0.375. The molecule has 0 aliphatic rings. The van der Waals surface area contributed by atoms with Crippen LogP contribution >= 0.6 is 0 Å². The fourth-order valence-corrected chi connectivity index (χ4v) is 1.99. The average molecular weight is 243 g/mol. The van der Waals surface area contributed by atoms with E-state index in [-0.39, 0.29) is 0 Å². The van der Waals surface area contributed by atoms with Crippen molar-refractivity contribution in [2.24, 2.45) is 0 Å². The zero-order valence-electron chi connectivity index (χ0n) is 11.1. The second-order valence-corrected chi connectivity index (χ2v) is 4.64. The number of hydrogen-bond acceptors (Lipinski definition) is 2. The van der Waals surface area contributed by atoms with Crippen LogP contribution in [0.4, 0.5) is 0 Å². The standard InChI is InChI=1S/C16H21NO/c1-3-11-17-13(2)12-18-16-10-6-8-14-7-4-5-9-15(14)16/h4-10,13,17H,3,11-12H2,1-2H3. The molecule has 0 spiro atoms. The molecular weight excluding hydrogens is 222 g/mol. The van der Waals surface area contributed by atoms with Crippen molar-refractivity contribution in [1.82, 2.24) is 5.32 Å². The predicted molar refractivity (Wildman–Crippen MR) is 77.2 cm³/mol. The molecule has 0 aliphatic heterocycles. The van der Waals surface area contributed by atoms with E-state index in [1.54, 1.807) is 0 Å². The van der Waals surface area contributed by atoms with Gasteiger partial charge in [-0.15, -0.1) is 0 Å². The molecule has 0 amide bonds. The first-order chi connectivity index (χ1) is 8.81. The molecule has 96 valence electrons. The van der Waals surface area contributed by atoms with Gasteiger partial charge in [0.2, 0.25) is 0 Å². The highest BCUT2D eigenvalue weighted by molar-refractivity contribution is 5.88. The third-order valence-corrected chi connectivity index (χ3v) is 2.98. The summed E-state index contributed by atoms with van der Waals surface area (Å²) in [7, 11) is 0. The summed E-state index contributed by atoms with van der Waals surface area (Å²) in [5, 5.41) is 5.83. The Balaban J connectivity index is 2.03. The minimum Gasteiger partial charge on any atom is -0.491 e. The van der Waals surface area contributed by atoms with Gasteiger partial charge in [-0.05, 0) is 31.3 Å². The summed E-state index contributed by atoms with van der Waals surface area (Å²) < 4.78 is 5.92. The van der Waals surface area contributed by atoms with Gasteiger partial charge >= 0.3 is 0 Å². The van der Waals surface area contributed by atoms with Crippen LogP contribution in [0.5, 0.6) is 5.75 Å². The molecule has 1 unspecified atom stereocenters. The van der Waals surface area contributed by atoms with Gasteiger partial charge in [0.25, 0.3) is 0 Å². The zero-order chi connectivity index (χ0) is 12.8. The number of hydrogen-bond donors (Lipinski definition) is 1. The SMILES string of the molecule is CCCNC(C)COc1cccc2ccccc12. The Hall–Kier alpha value is -1.54. The lowest BCUT2D eigenvalue weighted by Crippen LogP contribution is -2.32. The van der Waals surface area contributed by atoms with Crippen LogP contribution < -0.4 is 10.1 Å². The molecule has 2 heteroatoms. The van der Waals surface area contributed by atoms with Gasteiger partial charge in [0.05, 0.1) is 0 Å². The predicted octanol–water partition coefficient (Wildman–Crippen LogP) is 3.61. The Morgan fingerprint density at radius 1 is 1.11 bits per heavy atom. The Morgan fingerprint density at radius 2 is 1.89 bits per heavy atom. The quantitative estimate of drug-likeness (QED) is 0.837. The number of rotatable bonds is 6. The number of fused-ring (bicyclic) bond motifs is 1. The molecule has 2 aromatic carbocycles. The zero-order valence-corrected chi connectivity index (χ0v) is 11.1. The topological polar surface area (TPSA) is 21.3 Å². The summed E-state index contributed by atoms with van der Waals surface area (Å²) in [4.78, 5) is 0. The lowest BCUT2D eigenvalue weighted by Gasteiger charge is -2.15. The lowest BCUT2D eigenvalue weighted by molar-refractivity contribution is 0.276. The van der Waals surface area contributed by atoms with Gasteiger partial charge in [-0.1, -0.05) is 43.3 Å². The smallest absolute Gasteiger partial charge is 0.127 e. The minimum atomic E-state index is 0.379. The van der Waals surface area contributed by atoms with Gasteiger partial charge in [0.1, 0.15) is 12.4 Å². The second-order valence-electron chi connectivity index (χ2n) is 4.64. The van der Waals surface area contributed by atoms with E-state index in [0.29, 0.717) is 12.6 Å². The maximum Gasteiger partial charge on any atom is 0.127 e. The van der Waals surface area contributed by atoms with Crippen molar-refractivity contribution in [2.75, 3.05) is 13.2 Å². The first-order valence-electron chi connectivity index (χ1n) is 6.65. The molecule has 1 N–H and O–H groups in total. The molecular formula is C16H21NO. The van der Waals surface area contributed by atoms with E-state index >= 15 is 0 Å². The van der Waals surface area contributed by atoms with Crippen molar-refractivity contribution >= 4 is 10.8 Å². The van der Waals surface area contributed by atoms with Gasteiger partial charge in [-0.2, -0.15) is 0 Å². The Bertz CT molecular complexity index is 490. The Kier molecular flexibility index (Phi) is 4.59. The van der Waals surface area contributed by atoms with Crippen LogP contribution in [0.1, 0.15) is 20.3 Å². The van der Waals surface area contributed by atoms with Crippen LogP contribution in [0.2, 0.25) is 0 Å². The van der Waals surface area contributed by atoms with E-state index < -0.39 is 0 Å². The summed E-state index contributed by atoms with van der Waals surface area (Å²) in [6.45, 7) is 6.07. The normalized spacial score (nSPS) is 12.6. The summed E-state index contributed by atoms with van der Waals surface area (Å²) >= 11 is 0. The molecule has 0 saturated heterocycles. The summed E-state index contributed by atoms with van der Waals surface area (Å²) in [5.74, 6) is 0.971. The largest absolute Gasteiger partial charge is 0.491 e. The van der Waals surface area contributed by atoms with E-state index in [2.05, 4.69) is 43.4 Å². The maximum absolute atomic E-state index is 5.92. The highest BCUT2D eigenvalue weighted by atomic mass is 16.5. The molecule has 0 aromatic heterocycles. The molecule has 0 saturated carbocycles. The number of nitrogens with one attached hydrogen (secondary N) is 1. The van der Waals surface area contributed by atoms with Crippen molar-refractivity contribution in [3.05, 3.63) is 42.5 Å². The van der Waals surface area contributed by atoms with Crippen molar-refractivity contribution in [3.8, 4) is 5.75 Å². The van der Waals surface area contributed by atoms with Crippen molar-refractivity contribution in [1.29, 1.82) is 0 Å². The van der Waals surface area contributed by atoms with Gasteiger partial charge < -0.3 is 10.1 Å². The molecule has 1 atom stereocenters. The molecule has 2 nitrogen and oxygen atoms in total.